The largest absolute Gasteiger partial charge is 0.478 e. The van der Waals surface area contributed by atoms with Gasteiger partial charge in [0.25, 0.3) is 0 Å². The monoisotopic (exact) mass is 415 g/mol. The van der Waals surface area contributed by atoms with Crippen molar-refractivity contribution >= 4 is 5.97 Å². The number of para-hydroxylation sites is 1. The van der Waals surface area contributed by atoms with Crippen molar-refractivity contribution in [3.05, 3.63) is 107 Å². The third-order valence-electron chi connectivity index (χ3n) is 6.07. The van der Waals surface area contributed by atoms with Gasteiger partial charge in [0, 0.05) is 19.2 Å². The van der Waals surface area contributed by atoms with E-state index in [2.05, 4.69) is 0 Å². The molecule has 31 heavy (non-hydrogen) atoms. The third kappa shape index (κ3) is 3.16. The lowest BCUT2D eigenvalue weighted by Gasteiger charge is -2.44. The zero-order valence-corrected chi connectivity index (χ0v) is 17.7. The summed E-state index contributed by atoms with van der Waals surface area (Å²) in [7, 11) is 1.59. The molecule has 0 bridgehead atoms. The Morgan fingerprint density at radius 2 is 1.68 bits per heavy atom. The van der Waals surface area contributed by atoms with Crippen LogP contribution in [0.25, 0.3) is 5.69 Å². The molecule has 158 valence electrons. The Labute approximate surface area is 181 Å². The molecule has 0 saturated heterocycles. The van der Waals surface area contributed by atoms with Crippen LogP contribution in [0.1, 0.15) is 31.0 Å². The van der Waals surface area contributed by atoms with Crippen LogP contribution in [-0.4, -0.2) is 28.0 Å². The second-order valence-corrected chi connectivity index (χ2v) is 7.67. The van der Waals surface area contributed by atoms with Gasteiger partial charge in [0.1, 0.15) is 5.69 Å². The highest BCUT2D eigenvalue weighted by molar-refractivity contribution is 5.94. The number of nitrogens with zero attached hydrogens (tertiary/aromatic N) is 2. The van der Waals surface area contributed by atoms with Crippen LogP contribution in [0.15, 0.2) is 95.3 Å². The Morgan fingerprint density at radius 1 is 1.06 bits per heavy atom. The SMILES string of the molecule is COC1(c2ccn(-c3ccccc3)n2)C(N)=C(C)C(C(=O)O)=C(C)C1c1ccccc1. The van der Waals surface area contributed by atoms with Gasteiger partial charge in [-0.3, -0.25) is 0 Å². The fraction of sp³-hybridized carbons (Fsp3) is 0.200. The number of hydrogen-bond acceptors (Lipinski definition) is 4. The van der Waals surface area contributed by atoms with Gasteiger partial charge in [-0.05, 0) is 48.8 Å². The molecule has 2 aromatic carbocycles. The van der Waals surface area contributed by atoms with E-state index in [1.165, 1.54) is 0 Å². The number of benzene rings is 2. The number of rotatable bonds is 5. The first-order valence-electron chi connectivity index (χ1n) is 10.0. The number of ether oxygens (including phenoxy) is 1. The minimum absolute atomic E-state index is 0.224. The second kappa shape index (κ2) is 7.89. The Balaban J connectivity index is 1.98. The smallest absolute Gasteiger partial charge is 0.335 e. The molecule has 6 heteroatoms. The van der Waals surface area contributed by atoms with E-state index < -0.39 is 17.5 Å². The first kappa shape index (κ1) is 20.6. The van der Waals surface area contributed by atoms with E-state index in [4.69, 9.17) is 15.6 Å². The van der Waals surface area contributed by atoms with E-state index in [0.29, 0.717) is 22.5 Å². The summed E-state index contributed by atoms with van der Waals surface area (Å²) in [6, 6.07) is 21.3. The molecule has 2 unspecified atom stereocenters. The molecular weight excluding hydrogens is 390 g/mol. The number of nitrogens with two attached hydrogens (primary N) is 1. The van der Waals surface area contributed by atoms with Crippen molar-refractivity contribution in [2.24, 2.45) is 5.73 Å². The number of carboxylic acids is 1. The molecule has 0 aliphatic heterocycles. The Morgan fingerprint density at radius 3 is 2.26 bits per heavy atom. The van der Waals surface area contributed by atoms with Crippen LogP contribution >= 0.6 is 0 Å². The molecular formula is C25H25N3O3. The maximum Gasteiger partial charge on any atom is 0.335 e. The van der Waals surface area contributed by atoms with Gasteiger partial charge in [0.2, 0.25) is 0 Å². The van der Waals surface area contributed by atoms with E-state index in [1.807, 2.05) is 79.9 Å². The summed E-state index contributed by atoms with van der Waals surface area (Å²) < 4.78 is 7.95. The average molecular weight is 415 g/mol. The number of aliphatic carboxylic acids is 1. The zero-order valence-electron chi connectivity index (χ0n) is 17.7. The van der Waals surface area contributed by atoms with Crippen molar-refractivity contribution in [2.75, 3.05) is 7.11 Å². The van der Waals surface area contributed by atoms with Gasteiger partial charge in [-0.15, -0.1) is 0 Å². The molecule has 0 amide bonds. The van der Waals surface area contributed by atoms with Gasteiger partial charge >= 0.3 is 5.97 Å². The van der Waals surface area contributed by atoms with Gasteiger partial charge in [0.05, 0.1) is 17.0 Å². The fourth-order valence-electron chi connectivity index (χ4n) is 4.64. The number of methoxy groups -OCH3 is 1. The van der Waals surface area contributed by atoms with E-state index in [0.717, 1.165) is 11.3 Å². The van der Waals surface area contributed by atoms with Gasteiger partial charge in [-0.25, -0.2) is 9.48 Å². The van der Waals surface area contributed by atoms with Crippen LogP contribution in [0.2, 0.25) is 0 Å². The van der Waals surface area contributed by atoms with Crippen molar-refractivity contribution < 1.29 is 14.6 Å². The molecule has 4 rings (SSSR count). The van der Waals surface area contributed by atoms with E-state index in [9.17, 15) is 9.90 Å². The average Bonchev–Trinajstić information content (AvgIpc) is 3.28. The molecule has 0 fully saturated rings. The van der Waals surface area contributed by atoms with Crippen LogP contribution in [0.3, 0.4) is 0 Å². The first-order chi connectivity index (χ1) is 14.9. The van der Waals surface area contributed by atoms with Crippen molar-refractivity contribution in [1.82, 2.24) is 9.78 Å². The molecule has 0 radical (unpaired) electrons. The van der Waals surface area contributed by atoms with Crippen LogP contribution < -0.4 is 5.73 Å². The molecule has 6 nitrogen and oxygen atoms in total. The minimum Gasteiger partial charge on any atom is -0.478 e. The summed E-state index contributed by atoms with van der Waals surface area (Å²) in [6.07, 6.45) is 1.86. The Kier molecular flexibility index (Phi) is 5.25. The van der Waals surface area contributed by atoms with Crippen molar-refractivity contribution in [1.29, 1.82) is 0 Å². The van der Waals surface area contributed by atoms with Gasteiger partial charge in [-0.2, -0.15) is 5.10 Å². The minimum atomic E-state index is -1.14. The number of carboxylic acid groups (broad SMARTS) is 1. The highest BCUT2D eigenvalue weighted by Gasteiger charge is 2.51. The standard InChI is InChI=1S/C25H25N3O3/c1-16-21(24(29)30)17(2)23(26)25(31-3,22(16)18-10-6-4-7-11-18)20-14-15-28(27-20)19-12-8-5-9-13-19/h4-15,22H,26H2,1-3H3,(H,29,30). The molecule has 3 N–H and O–H groups in total. The molecule has 1 aromatic heterocycles. The zero-order chi connectivity index (χ0) is 22.2. The third-order valence-corrected chi connectivity index (χ3v) is 6.07. The quantitative estimate of drug-likeness (QED) is 0.653. The summed E-state index contributed by atoms with van der Waals surface area (Å²) in [5.74, 6) is -1.45. The summed E-state index contributed by atoms with van der Waals surface area (Å²) in [5, 5.41) is 14.7. The Hall–Kier alpha value is -3.64. The van der Waals surface area contributed by atoms with Crippen LogP contribution in [0.4, 0.5) is 0 Å². The first-order valence-corrected chi connectivity index (χ1v) is 10.0. The van der Waals surface area contributed by atoms with E-state index >= 15 is 0 Å². The van der Waals surface area contributed by atoms with Gasteiger partial charge in [-0.1, -0.05) is 48.5 Å². The summed E-state index contributed by atoms with van der Waals surface area (Å²) >= 11 is 0. The maximum absolute atomic E-state index is 12.1. The normalized spacial score (nSPS) is 21.5. The van der Waals surface area contributed by atoms with Crippen molar-refractivity contribution in [3.63, 3.8) is 0 Å². The summed E-state index contributed by atoms with van der Waals surface area (Å²) in [4.78, 5) is 12.1. The van der Waals surface area contributed by atoms with Gasteiger partial charge < -0.3 is 15.6 Å². The molecule has 2 atom stereocenters. The predicted octanol–water partition coefficient (Wildman–Crippen LogP) is 4.15. The van der Waals surface area contributed by atoms with Crippen LogP contribution in [0.5, 0.6) is 0 Å². The topological polar surface area (TPSA) is 90.4 Å². The highest BCUT2D eigenvalue weighted by Crippen LogP contribution is 2.52. The van der Waals surface area contributed by atoms with Crippen LogP contribution in [0, 0.1) is 0 Å². The van der Waals surface area contributed by atoms with Crippen molar-refractivity contribution in [2.45, 2.75) is 25.4 Å². The molecule has 1 aliphatic carbocycles. The van der Waals surface area contributed by atoms with E-state index in [1.54, 1.807) is 18.7 Å². The van der Waals surface area contributed by atoms with Crippen LogP contribution in [-0.2, 0) is 15.1 Å². The molecule has 3 aromatic rings. The number of hydrogen-bond donors (Lipinski definition) is 2. The van der Waals surface area contributed by atoms with Gasteiger partial charge in [0.15, 0.2) is 5.60 Å². The number of carbonyl (C=O) groups is 1. The fourth-order valence-corrected chi connectivity index (χ4v) is 4.64. The number of aromatic nitrogens is 2. The van der Waals surface area contributed by atoms with Crippen molar-refractivity contribution in [3.8, 4) is 5.69 Å². The predicted molar refractivity (Wildman–Crippen MR) is 119 cm³/mol. The molecule has 1 aliphatic rings. The lowest BCUT2D eigenvalue weighted by Crippen LogP contribution is -2.45. The molecule has 1 heterocycles. The maximum atomic E-state index is 12.1. The lowest BCUT2D eigenvalue weighted by atomic mass is 9.67. The highest BCUT2D eigenvalue weighted by atomic mass is 16.5. The van der Waals surface area contributed by atoms with E-state index in [-0.39, 0.29) is 5.57 Å². The second-order valence-electron chi connectivity index (χ2n) is 7.67. The molecule has 0 spiro atoms. The summed E-state index contributed by atoms with van der Waals surface area (Å²) in [5.41, 5.74) is 9.71. The molecule has 0 saturated carbocycles. The Bertz CT molecular complexity index is 1180. The lowest BCUT2D eigenvalue weighted by molar-refractivity contribution is -0.132. The summed E-state index contributed by atoms with van der Waals surface area (Å²) in [6.45, 7) is 3.56.